The summed E-state index contributed by atoms with van der Waals surface area (Å²) in [5.41, 5.74) is 0.282. The molecule has 1 N–H and O–H groups in total. The van der Waals surface area contributed by atoms with Crippen LogP contribution in [0.4, 0.5) is 5.69 Å². The minimum Gasteiger partial charge on any atom is -0.456 e. The number of hydrogen-bond acceptors (Lipinski definition) is 8. The number of likely N-dealkylation sites (N-methyl/N-ethyl adjacent to an activating group) is 1. The van der Waals surface area contributed by atoms with Gasteiger partial charge in [-0.1, -0.05) is 12.1 Å². The molecule has 0 bridgehead atoms. The van der Waals surface area contributed by atoms with Crippen molar-refractivity contribution in [3.63, 3.8) is 0 Å². The number of piperazine rings is 1. The van der Waals surface area contributed by atoms with Gasteiger partial charge in [0.15, 0.2) is 5.17 Å². The number of furan rings is 1. The number of nitro groups is 1. The van der Waals surface area contributed by atoms with E-state index in [1.165, 1.54) is 12.1 Å². The van der Waals surface area contributed by atoms with Crippen molar-refractivity contribution in [1.82, 2.24) is 15.1 Å². The number of amides is 2. The summed E-state index contributed by atoms with van der Waals surface area (Å²) in [4.78, 5) is 43.9. The molecule has 13 heteroatoms. The molecule has 0 spiro atoms. The van der Waals surface area contributed by atoms with Crippen LogP contribution in [0.3, 0.4) is 0 Å². The summed E-state index contributed by atoms with van der Waals surface area (Å²) in [6.45, 7) is 3.62. The average molecular weight is 528 g/mol. The van der Waals surface area contributed by atoms with Gasteiger partial charge in [-0.05, 0) is 37.0 Å². The first-order chi connectivity index (χ1) is 15.4. The molecule has 3 heterocycles. The van der Waals surface area contributed by atoms with Gasteiger partial charge in [-0.15, -0.1) is 24.8 Å². The highest BCUT2D eigenvalue weighted by molar-refractivity contribution is 8.18. The third-order valence-corrected chi connectivity index (χ3v) is 6.01. The van der Waals surface area contributed by atoms with Crippen molar-refractivity contribution < 1.29 is 18.9 Å². The lowest BCUT2D eigenvalue weighted by molar-refractivity contribution is -0.384. The molecule has 182 valence electrons. The van der Waals surface area contributed by atoms with Gasteiger partial charge in [0.05, 0.1) is 21.9 Å². The van der Waals surface area contributed by atoms with E-state index in [1.54, 1.807) is 30.3 Å². The number of nitrogens with one attached hydrogen (secondary N) is 1. The largest absolute Gasteiger partial charge is 0.456 e. The average Bonchev–Trinajstić information content (AvgIpc) is 3.36. The van der Waals surface area contributed by atoms with Crippen molar-refractivity contribution in [2.45, 2.75) is 0 Å². The van der Waals surface area contributed by atoms with Crippen LogP contribution in [0.25, 0.3) is 17.4 Å². The van der Waals surface area contributed by atoms with Crippen LogP contribution in [0.1, 0.15) is 5.76 Å². The number of aliphatic imine (C=N–C) groups is 1. The van der Waals surface area contributed by atoms with E-state index in [4.69, 9.17) is 4.42 Å². The van der Waals surface area contributed by atoms with Crippen molar-refractivity contribution >= 4 is 65.3 Å². The summed E-state index contributed by atoms with van der Waals surface area (Å²) in [6, 6.07) is 9.51. The fourth-order valence-electron chi connectivity index (χ4n) is 3.37. The second-order valence-corrected chi connectivity index (χ2v) is 8.46. The zero-order valence-electron chi connectivity index (χ0n) is 18.1. The van der Waals surface area contributed by atoms with E-state index in [0.717, 1.165) is 37.9 Å². The molecule has 2 aliphatic heterocycles. The monoisotopic (exact) mass is 527 g/mol. The van der Waals surface area contributed by atoms with Crippen LogP contribution in [0.5, 0.6) is 0 Å². The Morgan fingerprint density at radius 2 is 1.91 bits per heavy atom. The zero-order chi connectivity index (χ0) is 22.7. The molecule has 0 aliphatic carbocycles. The van der Waals surface area contributed by atoms with Gasteiger partial charge in [0.2, 0.25) is 0 Å². The topological polar surface area (TPSA) is 121 Å². The van der Waals surface area contributed by atoms with E-state index in [2.05, 4.69) is 15.2 Å². The molecule has 0 atom stereocenters. The number of carbonyl (C=O) groups is 2. The van der Waals surface area contributed by atoms with Gasteiger partial charge in [0.25, 0.3) is 17.5 Å². The second-order valence-electron chi connectivity index (χ2n) is 7.43. The highest BCUT2D eigenvalue weighted by Crippen LogP contribution is 2.32. The SMILES string of the molecule is CN1CCN(CC(=O)N=C2NC(=O)/C(=C/c3ccc(-c4ccccc4[N+](=O)[O-])o3)S2)CC1.Cl.Cl. The van der Waals surface area contributed by atoms with E-state index in [-0.39, 0.29) is 54.0 Å². The number of amidine groups is 1. The summed E-state index contributed by atoms with van der Waals surface area (Å²) < 4.78 is 5.70. The molecule has 2 fully saturated rings. The molecule has 2 saturated heterocycles. The molecule has 10 nitrogen and oxygen atoms in total. The highest BCUT2D eigenvalue weighted by atomic mass is 35.5. The fraction of sp³-hybridized carbons (Fsp3) is 0.286. The number of benzene rings is 1. The highest BCUT2D eigenvalue weighted by Gasteiger charge is 2.26. The number of para-hydroxylation sites is 1. The van der Waals surface area contributed by atoms with Gasteiger partial charge in [-0.25, -0.2) is 0 Å². The molecule has 2 aromatic rings. The van der Waals surface area contributed by atoms with E-state index < -0.39 is 4.92 Å². The zero-order valence-corrected chi connectivity index (χ0v) is 20.6. The first-order valence-corrected chi connectivity index (χ1v) is 10.8. The lowest BCUT2D eigenvalue weighted by Crippen LogP contribution is -2.46. The van der Waals surface area contributed by atoms with E-state index in [1.807, 2.05) is 11.9 Å². The van der Waals surface area contributed by atoms with Crippen molar-refractivity contribution in [3.05, 3.63) is 57.2 Å². The predicted molar refractivity (Wildman–Crippen MR) is 135 cm³/mol. The number of halogens is 2. The summed E-state index contributed by atoms with van der Waals surface area (Å²) in [5, 5.41) is 14.1. The Balaban J connectivity index is 0.00000204. The van der Waals surface area contributed by atoms with E-state index in [9.17, 15) is 19.7 Å². The Morgan fingerprint density at radius 3 is 2.62 bits per heavy atom. The predicted octanol–water partition coefficient (Wildman–Crippen LogP) is 3.03. The van der Waals surface area contributed by atoms with Crippen LogP contribution in [-0.4, -0.2) is 71.5 Å². The molecule has 1 aromatic carbocycles. The molecule has 0 unspecified atom stereocenters. The lowest BCUT2D eigenvalue weighted by Gasteiger charge is -2.31. The first-order valence-electron chi connectivity index (χ1n) is 9.96. The molecule has 1 aromatic heterocycles. The number of hydrogen-bond donors (Lipinski definition) is 1. The van der Waals surface area contributed by atoms with Crippen LogP contribution < -0.4 is 5.32 Å². The number of nitrogens with zero attached hydrogens (tertiary/aromatic N) is 4. The minimum atomic E-state index is -0.474. The van der Waals surface area contributed by atoms with E-state index >= 15 is 0 Å². The maximum atomic E-state index is 12.3. The minimum absolute atomic E-state index is 0. The molecular weight excluding hydrogens is 505 g/mol. The smallest absolute Gasteiger partial charge is 0.280 e. The van der Waals surface area contributed by atoms with Gasteiger partial charge in [0, 0.05) is 38.3 Å². The summed E-state index contributed by atoms with van der Waals surface area (Å²) >= 11 is 1.05. The van der Waals surface area contributed by atoms with Gasteiger partial charge in [-0.2, -0.15) is 4.99 Å². The number of rotatable bonds is 5. The van der Waals surface area contributed by atoms with Gasteiger partial charge >= 0.3 is 0 Å². The van der Waals surface area contributed by atoms with E-state index in [0.29, 0.717) is 22.0 Å². The first kappa shape index (κ1) is 27.5. The molecule has 4 rings (SSSR count). The Labute approximate surface area is 212 Å². The van der Waals surface area contributed by atoms with Crippen LogP contribution in [0.15, 0.2) is 50.7 Å². The van der Waals surface area contributed by atoms with Crippen molar-refractivity contribution in [2.24, 2.45) is 4.99 Å². The molecule has 34 heavy (non-hydrogen) atoms. The standard InChI is InChI=1S/C21H21N5O5S.2ClH/c1-24-8-10-25(11-9-24)13-19(27)22-21-23-20(28)18(32-21)12-14-6-7-17(31-14)15-4-2-3-5-16(15)26(29)30;;/h2-7,12H,8-11,13H2,1H3,(H,22,23,27,28);2*1H/b18-12-;;. The molecule has 2 amide bonds. The number of thioether (sulfide) groups is 1. The number of carbonyl (C=O) groups excluding carboxylic acids is 2. The van der Waals surface area contributed by atoms with Crippen molar-refractivity contribution in [1.29, 1.82) is 0 Å². The van der Waals surface area contributed by atoms with Crippen LogP contribution in [0, 0.1) is 10.1 Å². The van der Waals surface area contributed by atoms with Crippen LogP contribution >= 0.6 is 36.6 Å². The Hall–Kier alpha value is -2.70. The Kier molecular flexibility index (Phi) is 9.83. The molecular formula is C21H23Cl2N5O5S. The normalized spacial score (nSPS) is 18.9. The third-order valence-electron chi connectivity index (χ3n) is 5.10. The molecule has 0 saturated carbocycles. The van der Waals surface area contributed by atoms with Gasteiger partial charge in [-0.3, -0.25) is 24.6 Å². The quantitative estimate of drug-likeness (QED) is 0.357. The van der Waals surface area contributed by atoms with Crippen molar-refractivity contribution in [3.8, 4) is 11.3 Å². The Morgan fingerprint density at radius 1 is 1.21 bits per heavy atom. The van der Waals surface area contributed by atoms with Gasteiger partial charge in [0.1, 0.15) is 11.5 Å². The molecule has 0 radical (unpaired) electrons. The van der Waals surface area contributed by atoms with Crippen molar-refractivity contribution in [2.75, 3.05) is 39.8 Å². The third kappa shape index (κ3) is 6.67. The van der Waals surface area contributed by atoms with Gasteiger partial charge < -0.3 is 14.6 Å². The van der Waals surface area contributed by atoms with Crippen LogP contribution in [0.2, 0.25) is 0 Å². The summed E-state index contributed by atoms with van der Waals surface area (Å²) in [7, 11) is 2.04. The second kappa shape index (κ2) is 12.1. The molecule has 2 aliphatic rings. The number of nitro benzene ring substituents is 1. The summed E-state index contributed by atoms with van der Waals surface area (Å²) in [5.74, 6) is -0.00956. The Bertz CT molecular complexity index is 1130. The summed E-state index contributed by atoms with van der Waals surface area (Å²) in [6.07, 6.45) is 1.52. The fourth-order valence-corrected chi connectivity index (χ4v) is 4.19. The maximum Gasteiger partial charge on any atom is 0.280 e. The lowest BCUT2D eigenvalue weighted by atomic mass is 10.1. The maximum absolute atomic E-state index is 12.3. The van der Waals surface area contributed by atoms with Crippen LogP contribution in [-0.2, 0) is 9.59 Å².